The Hall–Kier alpha value is -3.03. The number of nitrogens with zero attached hydrogens (tertiary/aromatic N) is 2. The van der Waals surface area contributed by atoms with Crippen LogP contribution in [0.15, 0.2) is 77.7 Å². The molecule has 31 heavy (non-hydrogen) atoms. The maximum absolute atomic E-state index is 13.0. The van der Waals surface area contributed by atoms with Crippen molar-refractivity contribution in [2.45, 2.75) is 11.4 Å². The van der Waals surface area contributed by atoms with E-state index in [9.17, 15) is 13.2 Å². The smallest absolute Gasteiger partial charge is 0.264 e. The van der Waals surface area contributed by atoms with E-state index < -0.39 is 10.0 Å². The molecule has 0 radical (unpaired) electrons. The lowest BCUT2D eigenvalue weighted by Gasteiger charge is -2.22. The van der Waals surface area contributed by atoms with Gasteiger partial charge < -0.3 is 9.64 Å². The molecule has 0 N–H and O–H groups in total. The Labute approximate surface area is 187 Å². The highest BCUT2D eigenvalue weighted by molar-refractivity contribution is 7.92. The van der Waals surface area contributed by atoms with Gasteiger partial charge in [0.2, 0.25) is 0 Å². The Morgan fingerprint density at radius 2 is 1.55 bits per heavy atom. The van der Waals surface area contributed by atoms with Crippen molar-refractivity contribution in [2.75, 3.05) is 25.5 Å². The molecule has 3 aromatic carbocycles. The van der Waals surface area contributed by atoms with Crippen LogP contribution in [0.25, 0.3) is 0 Å². The third-order valence-electron chi connectivity index (χ3n) is 4.86. The average Bonchev–Trinajstić information content (AvgIpc) is 2.79. The third kappa shape index (κ3) is 5.00. The van der Waals surface area contributed by atoms with Gasteiger partial charge in [-0.2, -0.15) is 0 Å². The Kier molecular flexibility index (Phi) is 6.87. The summed E-state index contributed by atoms with van der Waals surface area (Å²) in [6, 6.07) is 20.0. The first-order valence-corrected chi connectivity index (χ1v) is 11.3. The van der Waals surface area contributed by atoms with Crippen LogP contribution in [0.4, 0.5) is 5.69 Å². The predicted molar refractivity (Wildman–Crippen MR) is 122 cm³/mol. The Morgan fingerprint density at radius 1 is 0.935 bits per heavy atom. The van der Waals surface area contributed by atoms with E-state index in [2.05, 4.69) is 0 Å². The number of methoxy groups -OCH3 is 1. The summed E-state index contributed by atoms with van der Waals surface area (Å²) in [4.78, 5) is 14.4. The second kappa shape index (κ2) is 9.41. The van der Waals surface area contributed by atoms with Crippen LogP contribution in [0.2, 0.25) is 5.02 Å². The van der Waals surface area contributed by atoms with Crippen LogP contribution in [0.1, 0.15) is 15.9 Å². The first-order chi connectivity index (χ1) is 14.7. The quantitative estimate of drug-likeness (QED) is 0.524. The maximum Gasteiger partial charge on any atom is 0.264 e. The fourth-order valence-corrected chi connectivity index (χ4v) is 4.43. The molecular weight excluding hydrogens is 436 g/mol. The van der Waals surface area contributed by atoms with Crippen molar-refractivity contribution in [3.8, 4) is 5.75 Å². The van der Waals surface area contributed by atoms with Crippen LogP contribution in [0.5, 0.6) is 5.75 Å². The average molecular weight is 459 g/mol. The summed E-state index contributed by atoms with van der Waals surface area (Å²) < 4.78 is 32.5. The Balaban J connectivity index is 1.78. The SMILES string of the molecule is COc1ccccc1N(C)S(=O)(=O)c1ccc(C(=O)N(C)Cc2ccc(Cl)cc2)cc1. The monoisotopic (exact) mass is 458 g/mol. The standard InChI is InChI=1S/C23H23ClN2O4S/c1-25(16-17-8-12-19(24)13-9-17)23(27)18-10-14-20(15-11-18)31(28,29)26(2)21-6-4-5-7-22(21)30-3/h4-15H,16H2,1-3H3. The minimum Gasteiger partial charge on any atom is -0.495 e. The second-order valence-electron chi connectivity index (χ2n) is 6.96. The minimum atomic E-state index is -3.82. The molecular formula is C23H23ClN2O4S. The topological polar surface area (TPSA) is 66.9 Å². The number of halogens is 1. The number of carbonyl (C=O) groups excluding carboxylic acids is 1. The zero-order valence-electron chi connectivity index (χ0n) is 17.4. The number of benzene rings is 3. The highest BCUT2D eigenvalue weighted by atomic mass is 35.5. The summed E-state index contributed by atoms with van der Waals surface area (Å²) in [6.07, 6.45) is 0. The lowest BCUT2D eigenvalue weighted by Crippen LogP contribution is -2.28. The van der Waals surface area contributed by atoms with Gasteiger partial charge in [-0.25, -0.2) is 8.42 Å². The lowest BCUT2D eigenvalue weighted by atomic mass is 10.1. The molecule has 0 spiro atoms. The van der Waals surface area contributed by atoms with E-state index >= 15 is 0 Å². The number of ether oxygens (including phenoxy) is 1. The largest absolute Gasteiger partial charge is 0.495 e. The number of hydrogen-bond donors (Lipinski definition) is 0. The van der Waals surface area contributed by atoms with Crippen molar-refractivity contribution >= 4 is 33.2 Å². The fourth-order valence-electron chi connectivity index (χ4n) is 3.10. The molecule has 0 aliphatic rings. The zero-order chi connectivity index (χ0) is 22.6. The molecule has 0 saturated carbocycles. The van der Waals surface area contributed by atoms with Gasteiger partial charge in [0.15, 0.2) is 0 Å². The van der Waals surface area contributed by atoms with E-state index in [1.807, 2.05) is 12.1 Å². The summed E-state index contributed by atoms with van der Waals surface area (Å²) in [5.74, 6) is 0.237. The van der Waals surface area contributed by atoms with Gasteiger partial charge in [-0.05, 0) is 54.1 Å². The van der Waals surface area contributed by atoms with E-state index in [1.54, 1.807) is 48.3 Å². The molecule has 0 aliphatic heterocycles. The highest BCUT2D eigenvalue weighted by Crippen LogP contribution is 2.31. The van der Waals surface area contributed by atoms with Gasteiger partial charge in [0.1, 0.15) is 5.75 Å². The van der Waals surface area contributed by atoms with Crippen molar-refractivity contribution in [2.24, 2.45) is 0 Å². The molecule has 0 atom stereocenters. The minimum absolute atomic E-state index is 0.0813. The third-order valence-corrected chi connectivity index (χ3v) is 6.90. The van der Waals surface area contributed by atoms with Gasteiger partial charge in [0.05, 0.1) is 17.7 Å². The molecule has 0 saturated heterocycles. The number of carbonyl (C=O) groups is 1. The first-order valence-electron chi connectivity index (χ1n) is 9.46. The number of hydrogen-bond acceptors (Lipinski definition) is 4. The van der Waals surface area contributed by atoms with Crippen molar-refractivity contribution in [1.82, 2.24) is 4.90 Å². The molecule has 162 valence electrons. The summed E-state index contributed by atoms with van der Waals surface area (Å²) in [7, 11) is 0.818. The van der Waals surface area contributed by atoms with Crippen LogP contribution in [0, 0.1) is 0 Å². The van der Waals surface area contributed by atoms with Crippen molar-refractivity contribution in [3.05, 3.63) is 88.9 Å². The van der Waals surface area contributed by atoms with E-state index in [0.29, 0.717) is 28.6 Å². The molecule has 0 unspecified atom stereocenters. The molecule has 0 aliphatic carbocycles. The summed E-state index contributed by atoms with van der Waals surface area (Å²) >= 11 is 5.90. The normalized spacial score (nSPS) is 11.1. The predicted octanol–water partition coefficient (Wildman–Crippen LogP) is 4.45. The van der Waals surface area contributed by atoms with Crippen molar-refractivity contribution < 1.29 is 17.9 Å². The molecule has 6 nitrogen and oxygen atoms in total. The Morgan fingerprint density at radius 3 is 2.16 bits per heavy atom. The van der Waals surface area contributed by atoms with Crippen LogP contribution in [-0.4, -0.2) is 40.4 Å². The first kappa shape index (κ1) is 22.7. The molecule has 3 rings (SSSR count). The molecule has 3 aromatic rings. The number of para-hydroxylation sites is 2. The van der Waals surface area contributed by atoms with Crippen LogP contribution >= 0.6 is 11.6 Å². The zero-order valence-corrected chi connectivity index (χ0v) is 19.0. The van der Waals surface area contributed by atoms with Crippen LogP contribution in [0.3, 0.4) is 0 Å². The van der Waals surface area contributed by atoms with E-state index in [4.69, 9.17) is 16.3 Å². The van der Waals surface area contributed by atoms with E-state index in [-0.39, 0.29) is 10.8 Å². The summed E-state index contributed by atoms with van der Waals surface area (Å²) in [5, 5.41) is 0.632. The van der Waals surface area contributed by atoms with Gasteiger partial charge in [-0.15, -0.1) is 0 Å². The van der Waals surface area contributed by atoms with Crippen LogP contribution in [-0.2, 0) is 16.6 Å². The molecule has 0 fully saturated rings. The second-order valence-corrected chi connectivity index (χ2v) is 9.36. The van der Waals surface area contributed by atoms with Gasteiger partial charge in [0, 0.05) is 31.2 Å². The van der Waals surface area contributed by atoms with Crippen LogP contribution < -0.4 is 9.04 Å². The van der Waals surface area contributed by atoms with E-state index in [1.165, 1.54) is 38.4 Å². The van der Waals surface area contributed by atoms with Gasteiger partial charge in [-0.1, -0.05) is 35.9 Å². The van der Waals surface area contributed by atoms with Gasteiger partial charge in [0.25, 0.3) is 15.9 Å². The van der Waals surface area contributed by atoms with Gasteiger partial charge >= 0.3 is 0 Å². The van der Waals surface area contributed by atoms with Crippen molar-refractivity contribution in [1.29, 1.82) is 0 Å². The Bertz CT molecular complexity index is 1160. The summed E-state index contributed by atoms with van der Waals surface area (Å²) in [5.41, 5.74) is 1.76. The number of rotatable bonds is 7. The molecule has 0 heterocycles. The molecule has 0 bridgehead atoms. The number of sulfonamides is 1. The number of anilines is 1. The highest BCUT2D eigenvalue weighted by Gasteiger charge is 2.24. The molecule has 0 aromatic heterocycles. The molecule has 8 heteroatoms. The fraction of sp³-hybridized carbons (Fsp3) is 0.174. The van der Waals surface area contributed by atoms with Gasteiger partial charge in [-0.3, -0.25) is 9.10 Å². The van der Waals surface area contributed by atoms with Crippen molar-refractivity contribution in [3.63, 3.8) is 0 Å². The van der Waals surface area contributed by atoms with E-state index in [0.717, 1.165) is 9.87 Å². The summed E-state index contributed by atoms with van der Waals surface area (Å²) in [6.45, 7) is 0.409. The maximum atomic E-state index is 13.0. The number of amides is 1. The lowest BCUT2D eigenvalue weighted by molar-refractivity contribution is 0.0785. The molecule has 1 amide bonds.